The predicted octanol–water partition coefficient (Wildman–Crippen LogP) is 10.4. The first-order valence-corrected chi connectivity index (χ1v) is 14.1. The van der Waals surface area contributed by atoms with Crippen molar-refractivity contribution in [3.63, 3.8) is 0 Å². The summed E-state index contributed by atoms with van der Waals surface area (Å²) in [5.74, 6) is -2.47. The highest BCUT2D eigenvalue weighted by atomic mass is 19.2. The number of hydrogen-bond donors (Lipinski definition) is 0. The van der Waals surface area contributed by atoms with Crippen molar-refractivity contribution in [3.05, 3.63) is 100 Å². The highest BCUT2D eigenvalue weighted by Gasteiger charge is 2.20. The first-order valence-electron chi connectivity index (χ1n) is 14.1. The molecule has 0 bridgehead atoms. The number of hydrogen-bond acceptors (Lipinski definition) is 0. The van der Waals surface area contributed by atoms with E-state index in [1.807, 2.05) is 12.1 Å². The van der Waals surface area contributed by atoms with E-state index in [0.717, 1.165) is 56.1 Å². The lowest BCUT2D eigenvalue weighted by Crippen LogP contribution is -2.07. The average molecular weight is 523 g/mol. The average Bonchev–Trinajstić information content (AvgIpc) is 2.93. The van der Waals surface area contributed by atoms with E-state index in [1.165, 1.54) is 6.42 Å². The zero-order valence-electron chi connectivity index (χ0n) is 22.6. The van der Waals surface area contributed by atoms with Gasteiger partial charge in [-0.3, -0.25) is 0 Å². The molecular weight excluding hydrogens is 484 g/mol. The van der Waals surface area contributed by atoms with Crippen LogP contribution in [0.1, 0.15) is 87.5 Å². The Labute approximate surface area is 224 Å². The van der Waals surface area contributed by atoms with Gasteiger partial charge in [0.05, 0.1) is 0 Å². The van der Waals surface area contributed by atoms with Crippen LogP contribution in [-0.2, 0) is 19.3 Å². The van der Waals surface area contributed by atoms with Crippen LogP contribution in [-0.4, -0.2) is 0 Å². The molecule has 0 nitrogen and oxygen atoms in total. The molecule has 0 saturated carbocycles. The minimum atomic E-state index is -0.821. The second-order valence-electron chi connectivity index (χ2n) is 10.6. The predicted molar refractivity (Wildman–Crippen MR) is 149 cm³/mol. The van der Waals surface area contributed by atoms with E-state index >= 15 is 0 Å². The Morgan fingerprint density at radius 3 is 1.95 bits per heavy atom. The van der Waals surface area contributed by atoms with Crippen LogP contribution in [0.5, 0.6) is 0 Å². The molecule has 0 aliphatic heterocycles. The molecule has 3 aromatic carbocycles. The smallest absolute Gasteiger partial charge is 0.166 e. The molecule has 1 aliphatic carbocycles. The maximum atomic E-state index is 15.0. The summed E-state index contributed by atoms with van der Waals surface area (Å²) in [5.41, 5.74) is 3.81. The van der Waals surface area contributed by atoms with Crippen molar-refractivity contribution >= 4 is 5.57 Å². The summed E-state index contributed by atoms with van der Waals surface area (Å²) in [6, 6.07) is 13.9. The molecule has 0 N–H and O–H groups in total. The lowest BCUT2D eigenvalue weighted by atomic mass is 9.84. The van der Waals surface area contributed by atoms with E-state index < -0.39 is 23.3 Å². The van der Waals surface area contributed by atoms with Gasteiger partial charge >= 0.3 is 0 Å². The van der Waals surface area contributed by atoms with Gasteiger partial charge in [-0.2, -0.15) is 0 Å². The number of allylic oxidation sites excluding steroid dienone is 2. The number of aryl methyl sites for hydroxylation is 3. The summed E-state index contributed by atoms with van der Waals surface area (Å²) in [6.07, 6.45) is 11.4. The van der Waals surface area contributed by atoms with Gasteiger partial charge in [0.25, 0.3) is 0 Å². The van der Waals surface area contributed by atoms with Crippen molar-refractivity contribution in [1.29, 1.82) is 0 Å². The van der Waals surface area contributed by atoms with Crippen LogP contribution in [0.4, 0.5) is 17.6 Å². The summed E-state index contributed by atoms with van der Waals surface area (Å²) in [4.78, 5) is 0. The summed E-state index contributed by atoms with van der Waals surface area (Å²) in [7, 11) is 0. The van der Waals surface area contributed by atoms with Crippen LogP contribution >= 0.6 is 0 Å². The molecule has 0 saturated heterocycles. The Balaban J connectivity index is 1.41. The molecule has 0 fully saturated rings. The van der Waals surface area contributed by atoms with Gasteiger partial charge in [-0.1, -0.05) is 94.1 Å². The Morgan fingerprint density at radius 1 is 0.658 bits per heavy atom. The second-order valence-corrected chi connectivity index (χ2v) is 10.6. The van der Waals surface area contributed by atoms with Crippen LogP contribution in [0.3, 0.4) is 0 Å². The highest BCUT2D eigenvalue weighted by molar-refractivity contribution is 5.67. The van der Waals surface area contributed by atoms with Crippen molar-refractivity contribution in [2.45, 2.75) is 84.5 Å². The van der Waals surface area contributed by atoms with Gasteiger partial charge in [-0.05, 0) is 78.7 Å². The van der Waals surface area contributed by atoms with E-state index in [1.54, 1.807) is 36.4 Å². The molecule has 0 amide bonds. The Kier molecular flexibility index (Phi) is 9.82. The van der Waals surface area contributed by atoms with E-state index in [-0.39, 0.29) is 5.56 Å². The molecule has 4 heteroatoms. The largest absolute Gasteiger partial charge is 0.203 e. The number of halogens is 4. The maximum absolute atomic E-state index is 15.0. The lowest BCUT2D eigenvalue weighted by molar-refractivity contribution is 0.443. The molecular formula is C34H38F4. The topological polar surface area (TPSA) is 0 Å². The molecule has 0 radical (unpaired) electrons. The van der Waals surface area contributed by atoms with E-state index in [9.17, 15) is 17.6 Å². The zero-order valence-corrected chi connectivity index (χ0v) is 22.6. The summed E-state index contributed by atoms with van der Waals surface area (Å²) in [6.45, 7) is 4.25. The fourth-order valence-corrected chi connectivity index (χ4v) is 5.53. The van der Waals surface area contributed by atoms with Gasteiger partial charge in [0.2, 0.25) is 0 Å². The zero-order chi connectivity index (χ0) is 27.1. The normalized spacial score (nSPS) is 15.5. The molecule has 202 valence electrons. The first-order chi connectivity index (χ1) is 18.4. The molecule has 1 unspecified atom stereocenters. The standard InChI is InChI=1S/C34H38F4/c1-3-5-6-8-27-19-21-29(33(37)31(27)35)26-16-11-24(12-17-26)13-18-28-20-22-30(34(38)32(28)36)25-14-9-23(7-4-2)10-15-25/h11-12,14,16-17,19-23H,3-10,13,15,18H2,1-2H3. The lowest BCUT2D eigenvalue weighted by Gasteiger charge is -2.22. The van der Waals surface area contributed by atoms with Gasteiger partial charge in [0.1, 0.15) is 0 Å². The van der Waals surface area contributed by atoms with Crippen LogP contribution < -0.4 is 0 Å². The molecule has 0 heterocycles. The van der Waals surface area contributed by atoms with E-state index in [0.29, 0.717) is 47.4 Å². The maximum Gasteiger partial charge on any atom is 0.166 e. The third kappa shape index (κ3) is 6.57. The minimum absolute atomic E-state index is 0.232. The fraction of sp³-hybridized carbons (Fsp3) is 0.412. The minimum Gasteiger partial charge on any atom is -0.203 e. The summed E-state index contributed by atoms with van der Waals surface area (Å²) < 4.78 is 59.3. The third-order valence-corrected chi connectivity index (χ3v) is 7.88. The fourth-order valence-electron chi connectivity index (χ4n) is 5.53. The monoisotopic (exact) mass is 522 g/mol. The number of unbranched alkanes of at least 4 members (excludes halogenated alkanes) is 2. The van der Waals surface area contributed by atoms with Gasteiger partial charge in [0.15, 0.2) is 23.3 Å². The van der Waals surface area contributed by atoms with Crippen LogP contribution in [0, 0.1) is 29.2 Å². The van der Waals surface area contributed by atoms with E-state index in [4.69, 9.17) is 0 Å². The Morgan fingerprint density at radius 2 is 1.32 bits per heavy atom. The SMILES string of the molecule is CCCCCc1ccc(-c2ccc(CCc3ccc(C4=CCC(CCC)CC4)c(F)c3F)cc2)c(F)c1F. The van der Waals surface area contributed by atoms with Crippen molar-refractivity contribution in [2.24, 2.45) is 5.92 Å². The van der Waals surface area contributed by atoms with Crippen LogP contribution in [0.15, 0.2) is 54.6 Å². The van der Waals surface area contributed by atoms with E-state index in [2.05, 4.69) is 19.9 Å². The first kappa shape index (κ1) is 28.1. The van der Waals surface area contributed by atoms with Crippen molar-refractivity contribution in [2.75, 3.05) is 0 Å². The molecule has 38 heavy (non-hydrogen) atoms. The molecule has 0 aromatic heterocycles. The molecule has 1 aliphatic rings. The van der Waals surface area contributed by atoms with Crippen molar-refractivity contribution in [1.82, 2.24) is 0 Å². The van der Waals surface area contributed by atoms with Gasteiger partial charge in [-0.25, -0.2) is 17.6 Å². The summed E-state index contributed by atoms with van der Waals surface area (Å²) in [5, 5.41) is 0. The molecule has 3 aromatic rings. The molecule has 4 rings (SSSR count). The second kappa shape index (κ2) is 13.3. The Bertz CT molecular complexity index is 1260. The molecule has 0 spiro atoms. The van der Waals surface area contributed by atoms with Crippen LogP contribution in [0.2, 0.25) is 0 Å². The van der Waals surface area contributed by atoms with Gasteiger partial charge in [0, 0.05) is 11.1 Å². The quantitative estimate of drug-likeness (QED) is 0.174. The third-order valence-electron chi connectivity index (χ3n) is 7.88. The van der Waals surface area contributed by atoms with Crippen LogP contribution in [0.25, 0.3) is 16.7 Å². The van der Waals surface area contributed by atoms with Crippen molar-refractivity contribution < 1.29 is 17.6 Å². The van der Waals surface area contributed by atoms with Gasteiger partial charge in [-0.15, -0.1) is 0 Å². The molecule has 1 atom stereocenters. The highest BCUT2D eigenvalue weighted by Crippen LogP contribution is 2.35. The summed E-state index contributed by atoms with van der Waals surface area (Å²) >= 11 is 0. The number of benzene rings is 3. The Hall–Kier alpha value is -2.88. The van der Waals surface area contributed by atoms with Gasteiger partial charge < -0.3 is 0 Å². The number of rotatable bonds is 11. The van der Waals surface area contributed by atoms with Crippen molar-refractivity contribution in [3.8, 4) is 11.1 Å².